The smallest absolute Gasteiger partial charge is 0.249 e. The van der Waals surface area contributed by atoms with Crippen molar-refractivity contribution >= 4 is 11.7 Å². The van der Waals surface area contributed by atoms with E-state index in [9.17, 15) is 9.59 Å². The zero-order chi connectivity index (χ0) is 12.7. The Morgan fingerprint density at radius 3 is 2.29 bits per heavy atom. The van der Waals surface area contributed by atoms with Crippen LogP contribution in [0, 0.1) is 0 Å². The second-order valence-electron chi connectivity index (χ2n) is 4.14. The quantitative estimate of drug-likeness (QED) is 0.581. The number of amides is 1. The monoisotopic (exact) mass is 233 g/mol. The number of benzene rings is 1. The van der Waals surface area contributed by atoms with Gasteiger partial charge in [-0.3, -0.25) is 9.59 Å². The SMILES string of the molecule is CCCCCCC(=O)c1ccccc1C(N)=O. The summed E-state index contributed by atoms with van der Waals surface area (Å²) in [6, 6.07) is 6.74. The summed E-state index contributed by atoms with van der Waals surface area (Å²) in [6.07, 6.45) is 4.71. The average Bonchev–Trinajstić information content (AvgIpc) is 2.34. The van der Waals surface area contributed by atoms with Crippen LogP contribution in [0.2, 0.25) is 0 Å². The number of hydrogen-bond donors (Lipinski definition) is 1. The van der Waals surface area contributed by atoms with E-state index in [1.165, 1.54) is 0 Å². The van der Waals surface area contributed by atoms with Crippen molar-refractivity contribution in [1.29, 1.82) is 0 Å². The first kappa shape index (κ1) is 13.4. The van der Waals surface area contributed by atoms with E-state index in [1.54, 1.807) is 24.3 Å². The number of nitrogens with two attached hydrogens (primary N) is 1. The lowest BCUT2D eigenvalue weighted by atomic mass is 9.99. The van der Waals surface area contributed by atoms with Gasteiger partial charge in [-0.25, -0.2) is 0 Å². The number of Topliss-reactive ketones (excluding diaryl/α,β-unsaturated/α-hetero) is 1. The number of rotatable bonds is 7. The van der Waals surface area contributed by atoms with E-state index in [0.717, 1.165) is 25.7 Å². The van der Waals surface area contributed by atoms with Gasteiger partial charge in [-0.05, 0) is 12.5 Å². The Hall–Kier alpha value is -1.64. The lowest BCUT2D eigenvalue weighted by molar-refractivity contribution is 0.0955. The van der Waals surface area contributed by atoms with Gasteiger partial charge in [-0.1, -0.05) is 44.4 Å². The molecule has 0 unspecified atom stereocenters. The predicted molar refractivity (Wildman–Crippen MR) is 68.0 cm³/mol. The van der Waals surface area contributed by atoms with Crippen molar-refractivity contribution < 1.29 is 9.59 Å². The molecule has 0 radical (unpaired) electrons. The number of unbranched alkanes of at least 4 members (excludes halogenated alkanes) is 3. The van der Waals surface area contributed by atoms with Gasteiger partial charge in [0.15, 0.2) is 5.78 Å². The molecule has 0 saturated heterocycles. The van der Waals surface area contributed by atoms with E-state index in [2.05, 4.69) is 6.92 Å². The maximum Gasteiger partial charge on any atom is 0.249 e. The van der Waals surface area contributed by atoms with Gasteiger partial charge >= 0.3 is 0 Å². The Morgan fingerprint density at radius 1 is 1.06 bits per heavy atom. The van der Waals surface area contributed by atoms with E-state index >= 15 is 0 Å². The van der Waals surface area contributed by atoms with Crippen molar-refractivity contribution in [1.82, 2.24) is 0 Å². The molecule has 1 aromatic carbocycles. The summed E-state index contributed by atoms with van der Waals surface area (Å²) in [5.74, 6) is -0.530. The Kier molecular flexibility index (Phi) is 5.40. The fourth-order valence-electron chi connectivity index (χ4n) is 1.79. The summed E-state index contributed by atoms with van der Waals surface area (Å²) in [4.78, 5) is 23.1. The summed E-state index contributed by atoms with van der Waals surface area (Å²) in [5.41, 5.74) is 6.02. The summed E-state index contributed by atoms with van der Waals surface area (Å²) >= 11 is 0. The van der Waals surface area contributed by atoms with Crippen molar-refractivity contribution in [2.75, 3.05) is 0 Å². The van der Waals surface area contributed by atoms with Crippen LogP contribution in [0.1, 0.15) is 59.7 Å². The van der Waals surface area contributed by atoms with Crippen molar-refractivity contribution in [3.8, 4) is 0 Å². The average molecular weight is 233 g/mol. The summed E-state index contributed by atoms with van der Waals surface area (Å²) < 4.78 is 0. The minimum absolute atomic E-state index is 0.00973. The third kappa shape index (κ3) is 4.02. The molecule has 3 heteroatoms. The second kappa shape index (κ2) is 6.84. The van der Waals surface area contributed by atoms with Crippen molar-refractivity contribution in [3.63, 3.8) is 0 Å². The van der Waals surface area contributed by atoms with Gasteiger partial charge in [0.1, 0.15) is 0 Å². The van der Waals surface area contributed by atoms with Gasteiger partial charge in [-0.15, -0.1) is 0 Å². The summed E-state index contributed by atoms with van der Waals surface area (Å²) in [7, 11) is 0. The lowest BCUT2D eigenvalue weighted by Crippen LogP contribution is -2.16. The zero-order valence-electron chi connectivity index (χ0n) is 10.2. The molecule has 0 aliphatic heterocycles. The molecule has 0 heterocycles. The number of carbonyl (C=O) groups excluding carboxylic acids is 2. The fourth-order valence-corrected chi connectivity index (χ4v) is 1.79. The maximum absolute atomic E-state index is 11.9. The minimum Gasteiger partial charge on any atom is -0.366 e. The van der Waals surface area contributed by atoms with Crippen molar-refractivity contribution in [3.05, 3.63) is 35.4 Å². The van der Waals surface area contributed by atoms with Gasteiger partial charge in [0.05, 0.1) is 0 Å². The standard InChI is InChI=1S/C14H19NO2/c1-2-3-4-5-10-13(16)11-8-6-7-9-12(11)14(15)17/h6-9H,2-5,10H2,1H3,(H2,15,17). The maximum atomic E-state index is 11.9. The third-order valence-electron chi connectivity index (χ3n) is 2.75. The van der Waals surface area contributed by atoms with Crippen LogP contribution in [0.5, 0.6) is 0 Å². The molecule has 0 aromatic heterocycles. The Bertz CT molecular complexity index is 399. The van der Waals surface area contributed by atoms with E-state index in [4.69, 9.17) is 5.73 Å². The molecular weight excluding hydrogens is 214 g/mol. The van der Waals surface area contributed by atoms with Gasteiger partial charge < -0.3 is 5.73 Å². The molecule has 1 rings (SSSR count). The Labute approximate surface area is 102 Å². The van der Waals surface area contributed by atoms with Crippen LogP contribution in [0.4, 0.5) is 0 Å². The highest BCUT2D eigenvalue weighted by Gasteiger charge is 2.13. The highest BCUT2D eigenvalue weighted by molar-refractivity contribution is 6.07. The molecule has 1 aromatic rings. The van der Waals surface area contributed by atoms with Crippen LogP contribution in [0.3, 0.4) is 0 Å². The number of primary amides is 1. The lowest BCUT2D eigenvalue weighted by Gasteiger charge is -2.05. The van der Waals surface area contributed by atoms with Crippen LogP contribution in [0.15, 0.2) is 24.3 Å². The first-order valence-electron chi connectivity index (χ1n) is 6.08. The van der Waals surface area contributed by atoms with Crippen LogP contribution in [0.25, 0.3) is 0 Å². The molecular formula is C14H19NO2. The van der Waals surface area contributed by atoms with Gasteiger partial charge in [0.2, 0.25) is 5.91 Å². The molecule has 0 bridgehead atoms. The van der Waals surface area contributed by atoms with Gasteiger partial charge in [-0.2, -0.15) is 0 Å². The number of ketones is 1. The topological polar surface area (TPSA) is 60.2 Å². The second-order valence-corrected chi connectivity index (χ2v) is 4.14. The van der Waals surface area contributed by atoms with E-state index < -0.39 is 5.91 Å². The number of carbonyl (C=O) groups is 2. The highest BCUT2D eigenvalue weighted by atomic mass is 16.1. The normalized spacial score (nSPS) is 10.2. The molecule has 0 spiro atoms. The van der Waals surface area contributed by atoms with Crippen molar-refractivity contribution in [2.24, 2.45) is 5.73 Å². The molecule has 17 heavy (non-hydrogen) atoms. The molecule has 0 aliphatic carbocycles. The summed E-state index contributed by atoms with van der Waals surface area (Å²) in [6.45, 7) is 2.13. The molecule has 92 valence electrons. The van der Waals surface area contributed by atoms with Crippen LogP contribution in [-0.2, 0) is 0 Å². The minimum atomic E-state index is -0.539. The Balaban J connectivity index is 2.65. The van der Waals surface area contributed by atoms with Gasteiger partial charge in [0, 0.05) is 17.5 Å². The molecule has 0 atom stereocenters. The van der Waals surface area contributed by atoms with Crippen molar-refractivity contribution in [2.45, 2.75) is 39.0 Å². The van der Waals surface area contributed by atoms with E-state index in [1.807, 2.05) is 0 Å². The molecule has 0 saturated carbocycles. The predicted octanol–water partition coefficient (Wildman–Crippen LogP) is 2.94. The summed E-state index contributed by atoms with van der Waals surface area (Å²) in [5, 5.41) is 0. The van der Waals surface area contributed by atoms with E-state index in [0.29, 0.717) is 17.5 Å². The first-order chi connectivity index (χ1) is 8.16. The molecule has 3 nitrogen and oxygen atoms in total. The Morgan fingerprint density at radius 2 is 1.71 bits per heavy atom. The molecule has 0 fully saturated rings. The zero-order valence-corrected chi connectivity index (χ0v) is 10.2. The first-order valence-corrected chi connectivity index (χ1v) is 6.08. The van der Waals surface area contributed by atoms with Crippen LogP contribution < -0.4 is 5.73 Å². The number of hydrogen-bond acceptors (Lipinski definition) is 2. The third-order valence-corrected chi connectivity index (χ3v) is 2.75. The van der Waals surface area contributed by atoms with E-state index in [-0.39, 0.29) is 5.78 Å². The highest BCUT2D eigenvalue weighted by Crippen LogP contribution is 2.13. The van der Waals surface area contributed by atoms with Crippen LogP contribution >= 0.6 is 0 Å². The largest absolute Gasteiger partial charge is 0.366 e. The molecule has 1 amide bonds. The van der Waals surface area contributed by atoms with Gasteiger partial charge in [0.25, 0.3) is 0 Å². The molecule has 0 aliphatic rings. The van der Waals surface area contributed by atoms with Crippen LogP contribution in [-0.4, -0.2) is 11.7 Å². The fraction of sp³-hybridized carbons (Fsp3) is 0.429. The molecule has 2 N–H and O–H groups in total.